The molecule has 1 atom stereocenters. The van der Waals surface area contributed by atoms with Crippen LogP contribution in [0.4, 0.5) is 0 Å². The molecule has 0 unspecified atom stereocenters. The van der Waals surface area contributed by atoms with Crippen molar-refractivity contribution in [3.63, 3.8) is 0 Å². The summed E-state index contributed by atoms with van der Waals surface area (Å²) in [4.78, 5) is 11.9. The van der Waals surface area contributed by atoms with Crippen LogP contribution < -0.4 is 15.8 Å². The van der Waals surface area contributed by atoms with Gasteiger partial charge in [0.1, 0.15) is 18.4 Å². The molecule has 0 saturated heterocycles. The fourth-order valence-electron chi connectivity index (χ4n) is 1.78. The first-order valence-electron chi connectivity index (χ1n) is 6.53. The van der Waals surface area contributed by atoms with Crippen molar-refractivity contribution in [3.8, 4) is 5.75 Å². The van der Waals surface area contributed by atoms with Gasteiger partial charge in [-0.1, -0.05) is 48.5 Å². The van der Waals surface area contributed by atoms with Gasteiger partial charge in [-0.3, -0.25) is 4.79 Å². The highest BCUT2D eigenvalue weighted by Gasteiger charge is 2.14. The summed E-state index contributed by atoms with van der Waals surface area (Å²) in [5.74, 6) is 0.585. The van der Waals surface area contributed by atoms with E-state index in [-0.39, 0.29) is 5.91 Å². The zero-order valence-corrected chi connectivity index (χ0v) is 11.2. The highest BCUT2D eigenvalue weighted by molar-refractivity contribution is 5.82. The fraction of sp³-hybridized carbons (Fsp3) is 0.188. The number of ether oxygens (including phenoxy) is 1. The Bertz CT molecular complexity index is 529. The third-order valence-electron chi connectivity index (χ3n) is 2.85. The molecule has 0 aliphatic heterocycles. The van der Waals surface area contributed by atoms with Crippen LogP contribution in [0.15, 0.2) is 60.7 Å². The third kappa shape index (κ3) is 4.10. The number of hydrogen-bond donors (Lipinski definition) is 2. The molecular weight excluding hydrogens is 252 g/mol. The van der Waals surface area contributed by atoms with E-state index in [0.717, 1.165) is 11.3 Å². The zero-order valence-electron chi connectivity index (χ0n) is 11.2. The van der Waals surface area contributed by atoms with Crippen LogP contribution in [0.25, 0.3) is 0 Å². The van der Waals surface area contributed by atoms with E-state index in [0.29, 0.717) is 13.2 Å². The summed E-state index contributed by atoms with van der Waals surface area (Å²) in [7, 11) is 0. The van der Waals surface area contributed by atoms with Crippen LogP contribution in [0.5, 0.6) is 5.75 Å². The summed E-state index contributed by atoms with van der Waals surface area (Å²) in [6.45, 7) is 0.839. The van der Waals surface area contributed by atoms with Gasteiger partial charge in [0, 0.05) is 0 Å². The van der Waals surface area contributed by atoms with Crippen molar-refractivity contribution in [3.05, 3.63) is 66.2 Å². The Kier molecular flexibility index (Phi) is 5.15. The molecule has 4 nitrogen and oxygen atoms in total. The maximum Gasteiger partial charge on any atom is 0.241 e. The van der Waals surface area contributed by atoms with Gasteiger partial charge in [0.15, 0.2) is 0 Å². The predicted octanol–water partition coefficient (Wildman–Crippen LogP) is 1.88. The lowest BCUT2D eigenvalue weighted by Gasteiger charge is -2.13. The quantitative estimate of drug-likeness (QED) is 0.788. The molecule has 0 bridgehead atoms. The molecule has 0 fully saturated rings. The highest BCUT2D eigenvalue weighted by atomic mass is 16.5. The normalized spacial score (nSPS) is 11.7. The molecule has 1 amide bonds. The van der Waals surface area contributed by atoms with Gasteiger partial charge in [-0.25, -0.2) is 0 Å². The molecule has 0 aliphatic carbocycles. The summed E-state index contributed by atoms with van der Waals surface area (Å²) < 4.78 is 5.49. The van der Waals surface area contributed by atoms with E-state index < -0.39 is 6.04 Å². The Morgan fingerprint density at radius 1 is 1.05 bits per heavy atom. The molecule has 0 heterocycles. The van der Waals surface area contributed by atoms with Crippen molar-refractivity contribution in [2.75, 3.05) is 13.2 Å². The highest BCUT2D eigenvalue weighted by Crippen LogP contribution is 2.09. The number of amides is 1. The van der Waals surface area contributed by atoms with Crippen LogP contribution in [0.3, 0.4) is 0 Å². The first-order chi connectivity index (χ1) is 9.77. The number of para-hydroxylation sites is 1. The number of nitrogens with one attached hydrogen (secondary N) is 1. The molecule has 104 valence electrons. The number of carbonyl (C=O) groups excluding carboxylic acids is 1. The Morgan fingerprint density at radius 2 is 1.65 bits per heavy atom. The van der Waals surface area contributed by atoms with Gasteiger partial charge in [0.05, 0.1) is 6.54 Å². The van der Waals surface area contributed by atoms with Gasteiger partial charge < -0.3 is 15.8 Å². The molecule has 2 rings (SSSR count). The van der Waals surface area contributed by atoms with Gasteiger partial charge in [0.25, 0.3) is 0 Å². The van der Waals surface area contributed by atoms with Crippen LogP contribution in [0, 0.1) is 0 Å². The maximum atomic E-state index is 11.9. The van der Waals surface area contributed by atoms with Crippen molar-refractivity contribution < 1.29 is 9.53 Å². The average molecular weight is 270 g/mol. The molecule has 4 heteroatoms. The van der Waals surface area contributed by atoms with Crippen LogP contribution in [0.2, 0.25) is 0 Å². The topological polar surface area (TPSA) is 64.4 Å². The van der Waals surface area contributed by atoms with Gasteiger partial charge >= 0.3 is 0 Å². The van der Waals surface area contributed by atoms with Crippen molar-refractivity contribution in [1.29, 1.82) is 0 Å². The average Bonchev–Trinajstić information content (AvgIpc) is 2.52. The predicted molar refractivity (Wildman–Crippen MR) is 78.3 cm³/mol. The molecule has 0 saturated carbocycles. The van der Waals surface area contributed by atoms with Gasteiger partial charge in [-0.05, 0) is 17.7 Å². The fourth-order valence-corrected chi connectivity index (χ4v) is 1.78. The van der Waals surface area contributed by atoms with Crippen LogP contribution in [-0.4, -0.2) is 19.1 Å². The minimum absolute atomic E-state index is 0.201. The van der Waals surface area contributed by atoms with Crippen molar-refractivity contribution >= 4 is 5.91 Å². The van der Waals surface area contributed by atoms with Crippen LogP contribution in [0.1, 0.15) is 11.6 Å². The SMILES string of the molecule is N[C@H](C(=O)NCCOc1ccccc1)c1ccccc1. The Morgan fingerprint density at radius 3 is 2.30 bits per heavy atom. The van der Waals surface area contributed by atoms with Gasteiger partial charge in [-0.2, -0.15) is 0 Å². The largest absolute Gasteiger partial charge is 0.492 e. The lowest BCUT2D eigenvalue weighted by atomic mass is 10.1. The van der Waals surface area contributed by atoms with Gasteiger partial charge in [0.2, 0.25) is 5.91 Å². The molecule has 0 aromatic heterocycles. The molecule has 20 heavy (non-hydrogen) atoms. The second-order valence-corrected chi connectivity index (χ2v) is 4.34. The molecule has 0 aliphatic rings. The van der Waals surface area contributed by atoms with Crippen molar-refractivity contribution in [2.45, 2.75) is 6.04 Å². The molecular formula is C16H18N2O2. The number of hydrogen-bond acceptors (Lipinski definition) is 3. The van der Waals surface area contributed by atoms with E-state index in [1.165, 1.54) is 0 Å². The van der Waals surface area contributed by atoms with E-state index in [2.05, 4.69) is 5.32 Å². The van der Waals surface area contributed by atoms with E-state index in [9.17, 15) is 4.79 Å². The van der Waals surface area contributed by atoms with Crippen molar-refractivity contribution in [1.82, 2.24) is 5.32 Å². The zero-order chi connectivity index (χ0) is 14.2. The lowest BCUT2D eigenvalue weighted by Crippen LogP contribution is -2.36. The number of benzene rings is 2. The summed E-state index contributed by atoms with van der Waals surface area (Å²) in [5.41, 5.74) is 6.68. The minimum atomic E-state index is -0.645. The molecule has 0 spiro atoms. The lowest BCUT2D eigenvalue weighted by molar-refractivity contribution is -0.122. The Hall–Kier alpha value is -2.33. The first-order valence-corrected chi connectivity index (χ1v) is 6.53. The third-order valence-corrected chi connectivity index (χ3v) is 2.85. The summed E-state index contributed by atoms with van der Waals surface area (Å²) in [6, 6.07) is 18.1. The number of nitrogens with two attached hydrogens (primary N) is 1. The number of rotatable bonds is 6. The smallest absolute Gasteiger partial charge is 0.241 e. The monoisotopic (exact) mass is 270 g/mol. The second-order valence-electron chi connectivity index (χ2n) is 4.34. The maximum absolute atomic E-state index is 11.9. The first kappa shape index (κ1) is 14.1. The molecule has 2 aromatic rings. The molecule has 2 aromatic carbocycles. The number of carbonyl (C=O) groups is 1. The Labute approximate surface area is 118 Å². The molecule has 0 radical (unpaired) electrons. The van der Waals surface area contributed by atoms with Gasteiger partial charge in [-0.15, -0.1) is 0 Å². The minimum Gasteiger partial charge on any atom is -0.492 e. The standard InChI is InChI=1S/C16H18N2O2/c17-15(13-7-3-1-4-8-13)16(19)18-11-12-20-14-9-5-2-6-10-14/h1-10,15H,11-12,17H2,(H,18,19)/t15-/m0/s1. The summed E-state index contributed by atoms with van der Waals surface area (Å²) in [6.07, 6.45) is 0. The van der Waals surface area contributed by atoms with Crippen LogP contribution >= 0.6 is 0 Å². The second kappa shape index (κ2) is 7.31. The summed E-state index contributed by atoms with van der Waals surface area (Å²) >= 11 is 0. The van der Waals surface area contributed by atoms with E-state index >= 15 is 0 Å². The van der Waals surface area contributed by atoms with Crippen LogP contribution in [-0.2, 0) is 4.79 Å². The van der Waals surface area contributed by atoms with E-state index in [1.54, 1.807) is 0 Å². The van der Waals surface area contributed by atoms with E-state index in [1.807, 2.05) is 60.7 Å². The van der Waals surface area contributed by atoms with E-state index in [4.69, 9.17) is 10.5 Å². The van der Waals surface area contributed by atoms with Crippen molar-refractivity contribution in [2.24, 2.45) is 5.73 Å². The summed E-state index contributed by atoms with van der Waals surface area (Å²) in [5, 5.41) is 2.76. The molecule has 3 N–H and O–H groups in total. The Balaban J connectivity index is 1.73.